The number of amides is 1. The molecule has 0 spiro atoms. The van der Waals surface area contributed by atoms with E-state index in [2.05, 4.69) is 26.2 Å². The van der Waals surface area contributed by atoms with E-state index in [0.717, 1.165) is 10.0 Å². The highest BCUT2D eigenvalue weighted by Crippen LogP contribution is 2.26. The first-order valence-electron chi connectivity index (χ1n) is 5.80. The molecule has 0 radical (unpaired) electrons. The fourth-order valence-electron chi connectivity index (χ4n) is 1.72. The molecule has 1 amide bonds. The highest BCUT2D eigenvalue weighted by Gasteiger charge is 2.13. The van der Waals surface area contributed by atoms with Gasteiger partial charge in [-0.1, -0.05) is 33.6 Å². The van der Waals surface area contributed by atoms with Crippen LogP contribution < -0.4 is 5.32 Å². The van der Waals surface area contributed by atoms with Crippen LogP contribution in [0.2, 0.25) is 5.02 Å². The molecule has 4 nitrogen and oxygen atoms in total. The fraction of sp³-hybridized carbons (Fsp3) is 0.143. The standard InChI is InChI=1S/C14H12BrClN2O2/c1-20-8-10-11(15)3-2-4-13(10)18-14(19)9-5-6-17-7-12(9)16/h2-7H,8H2,1H3,(H,18,19). The average molecular weight is 356 g/mol. The van der Waals surface area contributed by atoms with Crippen molar-refractivity contribution in [2.45, 2.75) is 6.61 Å². The Kier molecular flexibility index (Phi) is 5.11. The van der Waals surface area contributed by atoms with Gasteiger partial charge in [-0.2, -0.15) is 0 Å². The predicted molar refractivity (Wildman–Crippen MR) is 82.1 cm³/mol. The lowest BCUT2D eigenvalue weighted by molar-refractivity contribution is 0.102. The number of aromatic nitrogens is 1. The van der Waals surface area contributed by atoms with Gasteiger partial charge in [-0.3, -0.25) is 9.78 Å². The van der Waals surface area contributed by atoms with Gasteiger partial charge in [0.2, 0.25) is 0 Å². The number of benzene rings is 1. The highest BCUT2D eigenvalue weighted by atomic mass is 79.9. The summed E-state index contributed by atoms with van der Waals surface area (Å²) in [6.07, 6.45) is 2.96. The molecule has 0 bridgehead atoms. The van der Waals surface area contributed by atoms with E-state index < -0.39 is 0 Å². The molecule has 0 aliphatic carbocycles. The molecule has 0 saturated carbocycles. The van der Waals surface area contributed by atoms with Gasteiger partial charge in [-0.25, -0.2) is 0 Å². The van der Waals surface area contributed by atoms with Gasteiger partial charge >= 0.3 is 0 Å². The van der Waals surface area contributed by atoms with Gasteiger partial charge in [0.15, 0.2) is 0 Å². The van der Waals surface area contributed by atoms with Gasteiger partial charge in [0, 0.05) is 35.2 Å². The Hall–Kier alpha value is -1.43. The van der Waals surface area contributed by atoms with Crippen molar-refractivity contribution in [1.29, 1.82) is 0 Å². The summed E-state index contributed by atoms with van der Waals surface area (Å²) in [5, 5.41) is 3.15. The van der Waals surface area contributed by atoms with E-state index in [1.54, 1.807) is 13.2 Å². The Bertz CT molecular complexity index is 634. The molecule has 0 aliphatic rings. The molecule has 1 N–H and O–H groups in total. The largest absolute Gasteiger partial charge is 0.380 e. The fourth-order valence-corrected chi connectivity index (χ4v) is 2.40. The number of pyridine rings is 1. The zero-order valence-corrected chi connectivity index (χ0v) is 13.0. The van der Waals surface area contributed by atoms with Crippen LogP contribution in [0.4, 0.5) is 5.69 Å². The third kappa shape index (κ3) is 3.36. The molecule has 1 heterocycles. The summed E-state index contributed by atoms with van der Waals surface area (Å²) in [5.74, 6) is -0.284. The lowest BCUT2D eigenvalue weighted by Crippen LogP contribution is -2.14. The summed E-state index contributed by atoms with van der Waals surface area (Å²) >= 11 is 9.40. The quantitative estimate of drug-likeness (QED) is 0.905. The molecule has 2 aromatic rings. The molecule has 20 heavy (non-hydrogen) atoms. The zero-order chi connectivity index (χ0) is 14.5. The Balaban J connectivity index is 2.29. The molecular weight excluding hydrogens is 344 g/mol. The summed E-state index contributed by atoms with van der Waals surface area (Å²) in [5.41, 5.74) is 1.93. The number of halogens is 2. The molecule has 1 aromatic heterocycles. The topological polar surface area (TPSA) is 51.2 Å². The van der Waals surface area contributed by atoms with Crippen LogP contribution in [0, 0.1) is 0 Å². The van der Waals surface area contributed by atoms with E-state index in [1.165, 1.54) is 12.4 Å². The van der Waals surface area contributed by atoms with Crippen molar-refractivity contribution in [2.24, 2.45) is 0 Å². The van der Waals surface area contributed by atoms with Crippen LogP contribution >= 0.6 is 27.5 Å². The van der Waals surface area contributed by atoms with Crippen molar-refractivity contribution in [3.63, 3.8) is 0 Å². The Labute approximate surface area is 130 Å². The normalized spacial score (nSPS) is 10.3. The number of rotatable bonds is 4. The molecule has 6 heteroatoms. The molecule has 1 aromatic carbocycles. The van der Waals surface area contributed by atoms with Gasteiger partial charge in [-0.15, -0.1) is 0 Å². The SMILES string of the molecule is COCc1c(Br)cccc1NC(=O)c1ccncc1Cl. The maximum Gasteiger partial charge on any atom is 0.257 e. The number of hydrogen-bond donors (Lipinski definition) is 1. The van der Waals surface area contributed by atoms with Gasteiger partial charge in [0.1, 0.15) is 0 Å². The third-order valence-electron chi connectivity index (χ3n) is 2.67. The minimum Gasteiger partial charge on any atom is -0.380 e. The zero-order valence-electron chi connectivity index (χ0n) is 10.7. The Morgan fingerprint density at radius 2 is 2.25 bits per heavy atom. The molecule has 0 unspecified atom stereocenters. The number of ether oxygens (including phenoxy) is 1. The first kappa shape index (κ1) is 15.0. The number of nitrogens with zero attached hydrogens (tertiary/aromatic N) is 1. The van der Waals surface area contributed by atoms with Crippen LogP contribution in [0.5, 0.6) is 0 Å². The first-order valence-corrected chi connectivity index (χ1v) is 6.97. The molecule has 0 fully saturated rings. The van der Waals surface area contributed by atoms with Crippen molar-refractivity contribution in [3.8, 4) is 0 Å². The van der Waals surface area contributed by atoms with E-state index in [0.29, 0.717) is 22.9 Å². The summed E-state index contributed by atoms with van der Waals surface area (Å²) in [6, 6.07) is 7.12. The Morgan fingerprint density at radius 3 is 2.95 bits per heavy atom. The summed E-state index contributed by atoms with van der Waals surface area (Å²) in [7, 11) is 1.60. The second-order valence-corrected chi connectivity index (χ2v) is 5.27. The maximum absolute atomic E-state index is 12.2. The summed E-state index contributed by atoms with van der Waals surface area (Å²) < 4.78 is 6.02. The van der Waals surface area contributed by atoms with Crippen molar-refractivity contribution in [3.05, 3.63) is 57.3 Å². The van der Waals surface area contributed by atoms with Gasteiger partial charge < -0.3 is 10.1 Å². The molecular formula is C14H12BrClN2O2. The van der Waals surface area contributed by atoms with Crippen LogP contribution in [0.1, 0.15) is 15.9 Å². The molecule has 0 aliphatic heterocycles. The van der Waals surface area contributed by atoms with E-state index >= 15 is 0 Å². The summed E-state index contributed by atoms with van der Waals surface area (Å²) in [6.45, 7) is 0.390. The number of hydrogen-bond acceptors (Lipinski definition) is 3. The van der Waals surface area contributed by atoms with Gasteiger partial charge in [-0.05, 0) is 18.2 Å². The van der Waals surface area contributed by atoms with Crippen LogP contribution in [0.25, 0.3) is 0 Å². The first-order chi connectivity index (χ1) is 9.63. The number of methoxy groups -OCH3 is 1. The van der Waals surface area contributed by atoms with E-state index in [9.17, 15) is 4.79 Å². The third-order valence-corrected chi connectivity index (χ3v) is 3.72. The lowest BCUT2D eigenvalue weighted by Gasteiger charge is -2.12. The molecule has 0 saturated heterocycles. The van der Waals surface area contributed by atoms with Crippen LogP contribution in [-0.2, 0) is 11.3 Å². The van der Waals surface area contributed by atoms with E-state index in [1.807, 2.05) is 18.2 Å². The van der Waals surface area contributed by atoms with Crippen LogP contribution in [0.3, 0.4) is 0 Å². The van der Waals surface area contributed by atoms with Gasteiger partial charge in [0.25, 0.3) is 5.91 Å². The number of nitrogens with one attached hydrogen (secondary N) is 1. The maximum atomic E-state index is 12.2. The molecule has 0 atom stereocenters. The van der Waals surface area contributed by atoms with Crippen molar-refractivity contribution >= 4 is 39.1 Å². The monoisotopic (exact) mass is 354 g/mol. The number of anilines is 1. The van der Waals surface area contributed by atoms with Crippen LogP contribution in [0.15, 0.2) is 41.1 Å². The Morgan fingerprint density at radius 1 is 1.45 bits per heavy atom. The predicted octanol–water partition coefficient (Wildman–Crippen LogP) is 3.90. The van der Waals surface area contributed by atoms with Crippen molar-refractivity contribution < 1.29 is 9.53 Å². The number of carbonyl (C=O) groups excluding carboxylic acids is 1. The highest BCUT2D eigenvalue weighted by molar-refractivity contribution is 9.10. The number of carbonyl (C=O) groups is 1. The van der Waals surface area contributed by atoms with Crippen molar-refractivity contribution in [1.82, 2.24) is 4.98 Å². The van der Waals surface area contributed by atoms with Crippen LogP contribution in [-0.4, -0.2) is 18.0 Å². The average Bonchev–Trinajstić information content (AvgIpc) is 2.43. The van der Waals surface area contributed by atoms with Gasteiger partial charge in [0.05, 0.1) is 17.2 Å². The second-order valence-electron chi connectivity index (χ2n) is 4.01. The van der Waals surface area contributed by atoms with E-state index in [-0.39, 0.29) is 5.91 Å². The molecule has 2 rings (SSSR count). The minimum atomic E-state index is -0.284. The lowest BCUT2D eigenvalue weighted by atomic mass is 10.1. The van der Waals surface area contributed by atoms with E-state index in [4.69, 9.17) is 16.3 Å². The summed E-state index contributed by atoms with van der Waals surface area (Å²) in [4.78, 5) is 16.1. The molecule has 104 valence electrons. The second kappa shape index (κ2) is 6.83. The minimum absolute atomic E-state index is 0.284. The van der Waals surface area contributed by atoms with Crippen molar-refractivity contribution in [2.75, 3.05) is 12.4 Å². The smallest absolute Gasteiger partial charge is 0.257 e.